The van der Waals surface area contributed by atoms with Crippen molar-refractivity contribution in [2.24, 2.45) is 5.73 Å². The number of benzene rings is 1. The van der Waals surface area contributed by atoms with E-state index in [1.54, 1.807) is 0 Å². The molecule has 0 amide bonds. The lowest BCUT2D eigenvalue weighted by molar-refractivity contribution is 1.03. The molecule has 0 aliphatic rings. The van der Waals surface area contributed by atoms with Crippen LogP contribution in [0.25, 0.3) is 0 Å². The minimum Gasteiger partial charge on any atom is -0.326 e. The van der Waals surface area contributed by atoms with Gasteiger partial charge in [0.05, 0.1) is 0 Å². The molecule has 1 aromatic carbocycles. The van der Waals surface area contributed by atoms with Crippen molar-refractivity contribution in [3.63, 3.8) is 0 Å². The van der Waals surface area contributed by atoms with Crippen LogP contribution in [0.15, 0.2) is 35.3 Å². The fraction of sp³-hybridized carbons (Fsp3) is 0.200. The fourth-order valence-corrected chi connectivity index (χ4v) is 1.31. The Hall–Kier alpha value is -0.600. The van der Waals surface area contributed by atoms with Crippen molar-refractivity contribution < 1.29 is 0 Å². The third kappa shape index (κ3) is 2.47. The molecule has 0 aliphatic heterocycles. The molecule has 1 aromatic rings. The van der Waals surface area contributed by atoms with Gasteiger partial charge in [0.2, 0.25) is 0 Å². The minimum absolute atomic E-state index is 0.617. The van der Waals surface area contributed by atoms with Crippen LogP contribution in [0.4, 0.5) is 0 Å². The van der Waals surface area contributed by atoms with Gasteiger partial charge in [-0.15, -0.1) is 0 Å². The molecule has 0 aromatic heterocycles. The topological polar surface area (TPSA) is 26.0 Å². The molecular formula is C10H12BrN. The largest absolute Gasteiger partial charge is 0.326 e. The molecule has 0 aliphatic carbocycles. The quantitative estimate of drug-likeness (QED) is 0.842. The molecule has 12 heavy (non-hydrogen) atoms. The molecule has 0 spiro atoms. The van der Waals surface area contributed by atoms with E-state index in [4.69, 9.17) is 5.73 Å². The van der Waals surface area contributed by atoms with Crippen molar-refractivity contribution in [2.45, 2.75) is 13.0 Å². The van der Waals surface area contributed by atoms with Gasteiger partial charge >= 0.3 is 0 Å². The van der Waals surface area contributed by atoms with Gasteiger partial charge in [-0.05, 0) is 22.5 Å². The van der Waals surface area contributed by atoms with Crippen LogP contribution in [0.1, 0.15) is 11.1 Å². The summed E-state index contributed by atoms with van der Waals surface area (Å²) in [5.74, 6) is 0. The molecule has 2 N–H and O–H groups in total. The van der Waals surface area contributed by atoms with E-state index < -0.39 is 0 Å². The molecule has 2 heteroatoms. The van der Waals surface area contributed by atoms with Crippen LogP contribution >= 0.6 is 15.9 Å². The zero-order valence-electron chi connectivity index (χ0n) is 6.83. The fourth-order valence-electron chi connectivity index (χ4n) is 1.13. The first-order valence-corrected chi connectivity index (χ1v) is 4.82. The van der Waals surface area contributed by atoms with Crippen molar-refractivity contribution in [3.8, 4) is 0 Å². The second-order valence-corrected chi connectivity index (χ2v) is 3.07. The Kier molecular flexibility index (Phi) is 4.05. The number of hydrogen-bond donors (Lipinski definition) is 1. The van der Waals surface area contributed by atoms with Gasteiger partial charge in [-0.2, -0.15) is 0 Å². The van der Waals surface area contributed by atoms with Crippen LogP contribution in [-0.2, 0) is 13.0 Å². The van der Waals surface area contributed by atoms with Crippen LogP contribution in [0.5, 0.6) is 0 Å². The van der Waals surface area contributed by atoms with Crippen molar-refractivity contribution in [3.05, 3.63) is 46.5 Å². The monoisotopic (exact) mass is 225 g/mol. The maximum Gasteiger partial charge on any atom is 0.0180 e. The minimum atomic E-state index is 0.617. The highest BCUT2D eigenvalue weighted by Gasteiger charge is 1.95. The van der Waals surface area contributed by atoms with E-state index in [1.807, 2.05) is 17.1 Å². The Labute approximate surface area is 81.4 Å². The molecule has 0 saturated heterocycles. The summed E-state index contributed by atoms with van der Waals surface area (Å²) in [7, 11) is 0. The zero-order valence-corrected chi connectivity index (χ0v) is 8.42. The molecule has 0 unspecified atom stereocenters. The van der Waals surface area contributed by atoms with Gasteiger partial charge in [-0.25, -0.2) is 0 Å². The van der Waals surface area contributed by atoms with Gasteiger partial charge in [0, 0.05) is 6.54 Å². The van der Waals surface area contributed by atoms with Crippen LogP contribution in [0, 0.1) is 0 Å². The van der Waals surface area contributed by atoms with Crippen LogP contribution in [0.3, 0.4) is 0 Å². The first-order valence-electron chi connectivity index (χ1n) is 3.90. The molecule has 0 fully saturated rings. The Balaban J connectivity index is 2.81. The first kappa shape index (κ1) is 9.49. The molecular weight excluding hydrogens is 214 g/mol. The second-order valence-electron chi connectivity index (χ2n) is 2.54. The van der Waals surface area contributed by atoms with Crippen molar-refractivity contribution >= 4 is 15.9 Å². The average molecular weight is 226 g/mol. The summed E-state index contributed by atoms with van der Waals surface area (Å²) >= 11 is 3.24. The summed E-state index contributed by atoms with van der Waals surface area (Å²) in [4.78, 5) is 1.88. The predicted octanol–water partition coefficient (Wildman–Crippen LogP) is 2.60. The molecule has 0 radical (unpaired) electrons. The highest BCUT2D eigenvalue weighted by Crippen LogP contribution is 2.09. The lowest BCUT2D eigenvalue weighted by Gasteiger charge is -2.03. The molecule has 1 rings (SSSR count). The van der Waals surface area contributed by atoms with E-state index in [0.717, 1.165) is 6.42 Å². The maximum absolute atomic E-state index is 5.59. The van der Waals surface area contributed by atoms with Gasteiger partial charge in [0.1, 0.15) is 0 Å². The Morgan fingerprint density at radius 1 is 1.25 bits per heavy atom. The number of nitrogens with two attached hydrogens (primary N) is 1. The molecule has 1 nitrogen and oxygen atoms in total. The maximum atomic E-state index is 5.59. The van der Waals surface area contributed by atoms with Gasteiger partial charge in [0.25, 0.3) is 0 Å². The molecule has 0 atom stereocenters. The third-order valence-electron chi connectivity index (χ3n) is 1.77. The SMILES string of the molecule is NCc1ccccc1C/C=C/Br. The summed E-state index contributed by atoms with van der Waals surface area (Å²) in [5, 5.41) is 0. The van der Waals surface area contributed by atoms with Crippen molar-refractivity contribution in [1.29, 1.82) is 0 Å². The average Bonchev–Trinajstić information content (AvgIpc) is 2.15. The highest BCUT2D eigenvalue weighted by atomic mass is 79.9. The van der Waals surface area contributed by atoms with Crippen molar-refractivity contribution in [1.82, 2.24) is 0 Å². The van der Waals surface area contributed by atoms with Gasteiger partial charge < -0.3 is 5.73 Å². The summed E-state index contributed by atoms with van der Waals surface area (Å²) in [6.45, 7) is 0.617. The van der Waals surface area contributed by atoms with Crippen LogP contribution in [0.2, 0.25) is 0 Å². The van der Waals surface area contributed by atoms with E-state index in [1.165, 1.54) is 11.1 Å². The van der Waals surface area contributed by atoms with Gasteiger partial charge in [-0.3, -0.25) is 0 Å². The number of hydrogen-bond acceptors (Lipinski definition) is 1. The van der Waals surface area contributed by atoms with E-state index in [0.29, 0.717) is 6.54 Å². The number of halogens is 1. The second kappa shape index (κ2) is 5.12. The summed E-state index contributed by atoms with van der Waals surface area (Å²) in [6, 6.07) is 8.23. The zero-order chi connectivity index (χ0) is 8.81. The van der Waals surface area contributed by atoms with E-state index in [9.17, 15) is 0 Å². The van der Waals surface area contributed by atoms with Crippen LogP contribution in [-0.4, -0.2) is 0 Å². The smallest absolute Gasteiger partial charge is 0.0180 e. The molecule has 0 bridgehead atoms. The molecule has 64 valence electrons. The van der Waals surface area contributed by atoms with Crippen molar-refractivity contribution in [2.75, 3.05) is 0 Å². The lowest BCUT2D eigenvalue weighted by atomic mass is 10.1. The Bertz CT molecular complexity index is 268. The number of rotatable bonds is 3. The third-order valence-corrected chi connectivity index (χ3v) is 2.14. The lowest BCUT2D eigenvalue weighted by Crippen LogP contribution is -2.00. The first-order chi connectivity index (χ1) is 5.88. The standard InChI is InChI=1S/C10H12BrN/c11-7-3-6-9-4-1-2-5-10(9)8-12/h1-5,7H,6,8,12H2/b7-3+. The summed E-state index contributed by atoms with van der Waals surface area (Å²) < 4.78 is 0. The summed E-state index contributed by atoms with van der Waals surface area (Å²) in [5.41, 5.74) is 8.11. The molecule has 0 heterocycles. The predicted molar refractivity (Wildman–Crippen MR) is 56.1 cm³/mol. The van der Waals surface area contributed by atoms with Gasteiger partial charge in [0.15, 0.2) is 0 Å². The normalized spacial score (nSPS) is 10.8. The van der Waals surface area contributed by atoms with E-state index in [2.05, 4.69) is 34.1 Å². The van der Waals surface area contributed by atoms with Gasteiger partial charge in [-0.1, -0.05) is 46.3 Å². The van der Waals surface area contributed by atoms with E-state index >= 15 is 0 Å². The molecule has 0 saturated carbocycles. The van der Waals surface area contributed by atoms with E-state index in [-0.39, 0.29) is 0 Å². The highest BCUT2D eigenvalue weighted by molar-refractivity contribution is 9.11. The summed E-state index contributed by atoms with van der Waals surface area (Å²) in [6.07, 6.45) is 3.01. The number of allylic oxidation sites excluding steroid dienone is 1. The van der Waals surface area contributed by atoms with Crippen LogP contribution < -0.4 is 5.73 Å². The Morgan fingerprint density at radius 3 is 2.50 bits per heavy atom. The Morgan fingerprint density at radius 2 is 1.92 bits per heavy atom.